The highest BCUT2D eigenvalue weighted by atomic mass is 16.1. The minimum Gasteiger partial charge on any atom is -0.289 e. The number of benzene rings is 1. The third kappa shape index (κ3) is 1.86. The van der Waals surface area contributed by atoms with Gasteiger partial charge < -0.3 is 0 Å². The molecule has 0 aromatic heterocycles. The molecule has 0 fully saturated rings. The molecule has 0 aliphatic carbocycles. The molecule has 0 amide bonds. The Morgan fingerprint density at radius 2 is 1.69 bits per heavy atom. The fraction of sp³-hybridized carbons (Fsp3) is 0.250. The van der Waals surface area contributed by atoms with E-state index in [0.717, 1.165) is 16.7 Å². The van der Waals surface area contributed by atoms with Gasteiger partial charge in [0.2, 0.25) is 0 Å². The summed E-state index contributed by atoms with van der Waals surface area (Å²) < 4.78 is 0. The van der Waals surface area contributed by atoms with E-state index in [1.807, 2.05) is 32.9 Å². The third-order valence-electron chi connectivity index (χ3n) is 2.11. The molecule has 0 atom stereocenters. The lowest BCUT2D eigenvalue weighted by molar-refractivity contribution is 0.104. The van der Waals surface area contributed by atoms with Gasteiger partial charge in [-0.25, -0.2) is 0 Å². The van der Waals surface area contributed by atoms with Crippen LogP contribution < -0.4 is 0 Å². The van der Waals surface area contributed by atoms with Crippen LogP contribution in [0.1, 0.15) is 27.0 Å². The highest BCUT2D eigenvalue weighted by Crippen LogP contribution is 2.16. The van der Waals surface area contributed by atoms with Crippen LogP contribution in [0.25, 0.3) is 0 Å². The first-order valence-electron chi connectivity index (χ1n) is 4.31. The molecule has 0 N–H and O–H groups in total. The average Bonchev–Trinajstić information content (AvgIpc) is 2.02. The first kappa shape index (κ1) is 9.72. The lowest BCUT2D eigenvalue weighted by Gasteiger charge is -2.07. The monoisotopic (exact) mass is 174 g/mol. The van der Waals surface area contributed by atoms with Crippen molar-refractivity contribution in [1.29, 1.82) is 0 Å². The van der Waals surface area contributed by atoms with Crippen LogP contribution in [0.2, 0.25) is 0 Å². The topological polar surface area (TPSA) is 17.1 Å². The first-order chi connectivity index (χ1) is 6.06. The van der Waals surface area contributed by atoms with Crippen molar-refractivity contribution in [3.05, 3.63) is 47.0 Å². The second-order valence-corrected chi connectivity index (χ2v) is 3.34. The van der Waals surface area contributed by atoms with Crippen molar-refractivity contribution in [2.24, 2.45) is 0 Å². The van der Waals surface area contributed by atoms with Gasteiger partial charge in [0.1, 0.15) is 0 Å². The summed E-state index contributed by atoms with van der Waals surface area (Å²) in [5.74, 6) is 0.00926. The van der Waals surface area contributed by atoms with Gasteiger partial charge in [-0.3, -0.25) is 4.79 Å². The molecule has 0 radical (unpaired) electrons. The van der Waals surface area contributed by atoms with Crippen LogP contribution >= 0.6 is 0 Å². The van der Waals surface area contributed by atoms with Gasteiger partial charge >= 0.3 is 0 Å². The Morgan fingerprint density at radius 1 is 1.23 bits per heavy atom. The van der Waals surface area contributed by atoms with Crippen molar-refractivity contribution in [2.45, 2.75) is 20.8 Å². The van der Waals surface area contributed by atoms with Crippen molar-refractivity contribution >= 4 is 5.78 Å². The van der Waals surface area contributed by atoms with Gasteiger partial charge in [-0.05, 0) is 38.0 Å². The molecule has 0 heterocycles. The Labute approximate surface area is 79.1 Å². The fourth-order valence-electron chi connectivity index (χ4n) is 1.67. The van der Waals surface area contributed by atoms with E-state index in [1.54, 1.807) is 0 Å². The first-order valence-corrected chi connectivity index (χ1v) is 4.31. The lowest BCUT2D eigenvalue weighted by atomic mass is 9.97. The SMILES string of the molecule is C=CC(=O)c1c(C)cc(C)cc1C. The molecule has 0 bridgehead atoms. The Hall–Kier alpha value is -1.37. The largest absolute Gasteiger partial charge is 0.289 e. The number of carbonyl (C=O) groups is 1. The number of rotatable bonds is 2. The quantitative estimate of drug-likeness (QED) is 0.497. The number of hydrogen-bond donors (Lipinski definition) is 0. The van der Waals surface area contributed by atoms with Crippen LogP contribution in [0, 0.1) is 20.8 Å². The summed E-state index contributed by atoms with van der Waals surface area (Å²) in [4.78, 5) is 11.4. The highest BCUT2D eigenvalue weighted by Gasteiger charge is 2.08. The van der Waals surface area contributed by atoms with Crippen LogP contribution in [0.15, 0.2) is 24.8 Å². The molecule has 68 valence electrons. The van der Waals surface area contributed by atoms with Gasteiger partial charge in [-0.2, -0.15) is 0 Å². The van der Waals surface area contributed by atoms with Gasteiger partial charge in [0.05, 0.1) is 0 Å². The Balaban J connectivity index is 3.36. The second kappa shape index (κ2) is 3.56. The normalized spacial score (nSPS) is 9.77. The smallest absolute Gasteiger partial charge is 0.185 e. The minimum atomic E-state index is 0.00926. The van der Waals surface area contributed by atoms with Crippen LogP contribution in [-0.4, -0.2) is 5.78 Å². The van der Waals surface area contributed by atoms with Crippen molar-refractivity contribution in [1.82, 2.24) is 0 Å². The summed E-state index contributed by atoms with van der Waals surface area (Å²) in [7, 11) is 0. The molecule has 1 aromatic carbocycles. The molecule has 1 heteroatoms. The van der Waals surface area contributed by atoms with E-state index in [9.17, 15) is 4.79 Å². The maximum Gasteiger partial charge on any atom is 0.185 e. The zero-order valence-corrected chi connectivity index (χ0v) is 8.35. The van der Waals surface area contributed by atoms with Crippen molar-refractivity contribution < 1.29 is 4.79 Å². The van der Waals surface area contributed by atoms with Crippen LogP contribution in [0.4, 0.5) is 0 Å². The van der Waals surface area contributed by atoms with E-state index in [4.69, 9.17) is 0 Å². The Morgan fingerprint density at radius 3 is 2.08 bits per heavy atom. The van der Waals surface area contributed by atoms with Crippen molar-refractivity contribution in [3.63, 3.8) is 0 Å². The van der Waals surface area contributed by atoms with Gasteiger partial charge in [0, 0.05) is 5.56 Å². The summed E-state index contributed by atoms with van der Waals surface area (Å²) in [6.45, 7) is 9.43. The zero-order chi connectivity index (χ0) is 10.0. The minimum absolute atomic E-state index is 0.00926. The third-order valence-corrected chi connectivity index (χ3v) is 2.11. The summed E-state index contributed by atoms with van der Waals surface area (Å²) in [6, 6.07) is 4.04. The fourth-order valence-corrected chi connectivity index (χ4v) is 1.67. The number of ketones is 1. The van der Waals surface area contributed by atoms with E-state index >= 15 is 0 Å². The van der Waals surface area contributed by atoms with E-state index in [2.05, 4.69) is 6.58 Å². The summed E-state index contributed by atoms with van der Waals surface area (Å²) in [5, 5.41) is 0. The van der Waals surface area contributed by atoms with Gasteiger partial charge in [-0.1, -0.05) is 24.3 Å². The number of hydrogen-bond acceptors (Lipinski definition) is 1. The molecular weight excluding hydrogens is 160 g/mol. The summed E-state index contributed by atoms with van der Waals surface area (Å²) in [6.07, 6.45) is 1.37. The Bertz CT molecular complexity index is 338. The highest BCUT2D eigenvalue weighted by molar-refractivity contribution is 6.06. The van der Waals surface area contributed by atoms with Gasteiger partial charge in [0.25, 0.3) is 0 Å². The zero-order valence-electron chi connectivity index (χ0n) is 8.35. The molecule has 1 rings (SSSR count). The molecule has 0 spiro atoms. The molecule has 0 unspecified atom stereocenters. The average molecular weight is 174 g/mol. The van der Waals surface area contributed by atoms with Gasteiger partial charge in [0.15, 0.2) is 5.78 Å². The predicted molar refractivity (Wildman–Crippen MR) is 55.2 cm³/mol. The maximum absolute atomic E-state index is 11.4. The summed E-state index contributed by atoms with van der Waals surface area (Å²) >= 11 is 0. The molecule has 0 aliphatic rings. The standard InChI is InChI=1S/C12H14O/c1-5-11(13)12-9(3)6-8(2)7-10(12)4/h5-7H,1H2,2-4H3. The van der Waals surface area contributed by atoms with E-state index in [1.165, 1.54) is 11.6 Å². The molecule has 0 saturated heterocycles. The molecular formula is C12H14O. The van der Waals surface area contributed by atoms with E-state index in [-0.39, 0.29) is 5.78 Å². The van der Waals surface area contributed by atoms with Crippen LogP contribution in [0.3, 0.4) is 0 Å². The second-order valence-electron chi connectivity index (χ2n) is 3.34. The molecule has 0 saturated carbocycles. The number of aryl methyl sites for hydroxylation is 3. The maximum atomic E-state index is 11.4. The van der Waals surface area contributed by atoms with Crippen molar-refractivity contribution in [3.8, 4) is 0 Å². The van der Waals surface area contributed by atoms with Crippen LogP contribution in [-0.2, 0) is 0 Å². The molecule has 0 aliphatic heterocycles. The number of allylic oxidation sites excluding steroid dienone is 1. The van der Waals surface area contributed by atoms with Crippen LogP contribution in [0.5, 0.6) is 0 Å². The predicted octanol–water partition coefficient (Wildman–Crippen LogP) is 2.98. The van der Waals surface area contributed by atoms with E-state index < -0.39 is 0 Å². The van der Waals surface area contributed by atoms with E-state index in [0.29, 0.717) is 0 Å². The van der Waals surface area contributed by atoms with Gasteiger partial charge in [-0.15, -0.1) is 0 Å². The Kier molecular flexibility index (Phi) is 2.66. The number of carbonyl (C=O) groups excluding carboxylic acids is 1. The van der Waals surface area contributed by atoms with Crippen molar-refractivity contribution in [2.75, 3.05) is 0 Å². The molecule has 13 heavy (non-hydrogen) atoms. The molecule has 1 nitrogen and oxygen atoms in total. The lowest BCUT2D eigenvalue weighted by Crippen LogP contribution is -2.01. The molecule has 1 aromatic rings. The summed E-state index contributed by atoms with van der Waals surface area (Å²) in [5.41, 5.74) is 4.04.